The van der Waals surface area contributed by atoms with E-state index in [9.17, 15) is 5.11 Å². The van der Waals surface area contributed by atoms with E-state index < -0.39 is 6.10 Å². The Labute approximate surface area is 104 Å². The summed E-state index contributed by atoms with van der Waals surface area (Å²) >= 11 is 5.75. The minimum Gasteiger partial charge on any atom is -0.508 e. The number of aliphatic hydroxyl groups is 1. The average Bonchev–Trinajstić information content (AvgIpc) is 2.32. The Bertz CT molecular complexity index is 444. The van der Waals surface area contributed by atoms with Crippen molar-refractivity contribution in [3.05, 3.63) is 29.3 Å². The Morgan fingerprint density at radius 1 is 1.53 bits per heavy atom. The molecule has 2 rings (SSSR count). The van der Waals surface area contributed by atoms with Crippen molar-refractivity contribution in [3.8, 4) is 17.2 Å². The fourth-order valence-corrected chi connectivity index (χ4v) is 1.81. The standard InChI is InChI=1S/C12H13ClO4/c1-7(13)4-9-10(15)2-3-11-12(9)17-8(5-14)6-16-11/h2-3,8,14-15H,1,4-6H2/t8-/m0/s1. The van der Waals surface area contributed by atoms with Crippen LogP contribution in [0.3, 0.4) is 0 Å². The van der Waals surface area contributed by atoms with Crippen LogP contribution in [0.15, 0.2) is 23.7 Å². The Morgan fingerprint density at radius 2 is 2.29 bits per heavy atom. The van der Waals surface area contributed by atoms with E-state index in [1.807, 2.05) is 0 Å². The molecule has 92 valence electrons. The number of fused-ring (bicyclic) bond motifs is 1. The Hall–Kier alpha value is -1.39. The van der Waals surface area contributed by atoms with Crippen LogP contribution in [0.1, 0.15) is 5.56 Å². The topological polar surface area (TPSA) is 58.9 Å². The Balaban J connectivity index is 2.40. The number of hydrogen-bond donors (Lipinski definition) is 2. The van der Waals surface area contributed by atoms with Crippen LogP contribution in [-0.2, 0) is 6.42 Å². The number of halogens is 1. The van der Waals surface area contributed by atoms with E-state index in [1.54, 1.807) is 6.07 Å². The van der Waals surface area contributed by atoms with Gasteiger partial charge in [0.1, 0.15) is 12.4 Å². The van der Waals surface area contributed by atoms with E-state index in [1.165, 1.54) is 6.07 Å². The van der Waals surface area contributed by atoms with Crippen LogP contribution < -0.4 is 9.47 Å². The van der Waals surface area contributed by atoms with Gasteiger partial charge < -0.3 is 19.7 Å². The van der Waals surface area contributed by atoms with Crippen LogP contribution >= 0.6 is 11.6 Å². The second-order valence-electron chi connectivity index (χ2n) is 3.82. The summed E-state index contributed by atoms with van der Waals surface area (Å²) in [5, 5.41) is 19.2. The number of rotatable bonds is 3. The van der Waals surface area contributed by atoms with Crippen LogP contribution in [0, 0.1) is 0 Å². The molecule has 0 amide bonds. The lowest BCUT2D eigenvalue weighted by Crippen LogP contribution is -2.32. The van der Waals surface area contributed by atoms with Gasteiger partial charge in [0.15, 0.2) is 17.6 Å². The molecule has 0 unspecified atom stereocenters. The quantitative estimate of drug-likeness (QED) is 0.866. The fourth-order valence-electron chi connectivity index (χ4n) is 1.67. The van der Waals surface area contributed by atoms with Crippen molar-refractivity contribution in [2.45, 2.75) is 12.5 Å². The molecule has 1 atom stereocenters. The van der Waals surface area contributed by atoms with Crippen LogP contribution in [0.4, 0.5) is 0 Å². The molecular weight excluding hydrogens is 244 g/mol. The first-order valence-corrected chi connectivity index (χ1v) is 5.58. The maximum atomic E-state index is 9.78. The molecule has 17 heavy (non-hydrogen) atoms. The molecule has 5 heteroatoms. The summed E-state index contributed by atoms with van der Waals surface area (Å²) in [7, 11) is 0. The largest absolute Gasteiger partial charge is 0.508 e. The molecule has 1 aliphatic heterocycles. The summed E-state index contributed by atoms with van der Waals surface area (Å²) in [5.41, 5.74) is 0.528. The van der Waals surface area contributed by atoms with Gasteiger partial charge >= 0.3 is 0 Å². The van der Waals surface area contributed by atoms with Crippen LogP contribution in [0.25, 0.3) is 0 Å². The van der Waals surface area contributed by atoms with E-state index in [0.717, 1.165) is 0 Å². The molecule has 0 aromatic heterocycles. The molecule has 1 aromatic rings. The average molecular weight is 257 g/mol. The van der Waals surface area contributed by atoms with Gasteiger partial charge in [0, 0.05) is 17.0 Å². The maximum Gasteiger partial charge on any atom is 0.169 e. The van der Waals surface area contributed by atoms with Gasteiger partial charge in [-0.1, -0.05) is 18.2 Å². The lowest BCUT2D eigenvalue weighted by atomic mass is 10.1. The molecule has 1 aliphatic rings. The normalized spacial score (nSPS) is 17.9. The van der Waals surface area contributed by atoms with E-state index in [4.69, 9.17) is 26.2 Å². The maximum absolute atomic E-state index is 9.78. The van der Waals surface area contributed by atoms with Gasteiger partial charge in [0.2, 0.25) is 0 Å². The second-order valence-corrected chi connectivity index (χ2v) is 4.35. The third kappa shape index (κ3) is 2.48. The van der Waals surface area contributed by atoms with Crippen molar-refractivity contribution >= 4 is 11.6 Å². The number of aromatic hydroxyl groups is 1. The predicted octanol–water partition coefficient (Wildman–Crippen LogP) is 1.82. The molecule has 0 radical (unpaired) electrons. The second kappa shape index (κ2) is 4.85. The smallest absolute Gasteiger partial charge is 0.169 e. The minimum absolute atomic E-state index is 0.0766. The molecule has 0 saturated heterocycles. The van der Waals surface area contributed by atoms with Crippen molar-refractivity contribution in [1.29, 1.82) is 0 Å². The van der Waals surface area contributed by atoms with Gasteiger partial charge in [-0.15, -0.1) is 0 Å². The van der Waals surface area contributed by atoms with Crippen LogP contribution in [0.5, 0.6) is 17.2 Å². The summed E-state index contributed by atoms with van der Waals surface area (Å²) in [4.78, 5) is 0. The van der Waals surface area contributed by atoms with Crippen molar-refractivity contribution in [1.82, 2.24) is 0 Å². The zero-order valence-electron chi connectivity index (χ0n) is 9.15. The van der Waals surface area contributed by atoms with Gasteiger partial charge in [0.05, 0.1) is 6.61 Å². The van der Waals surface area contributed by atoms with Gasteiger partial charge in [-0.25, -0.2) is 0 Å². The van der Waals surface area contributed by atoms with Crippen LogP contribution in [-0.4, -0.2) is 29.5 Å². The fraction of sp³-hybridized carbons (Fsp3) is 0.333. The van der Waals surface area contributed by atoms with Crippen molar-refractivity contribution < 1.29 is 19.7 Å². The molecule has 1 aromatic carbocycles. The van der Waals surface area contributed by atoms with Gasteiger partial charge in [0.25, 0.3) is 0 Å². The third-order valence-electron chi connectivity index (χ3n) is 2.48. The number of benzene rings is 1. The summed E-state index contributed by atoms with van der Waals surface area (Å²) < 4.78 is 11.0. The third-order valence-corrected chi connectivity index (χ3v) is 2.61. The van der Waals surface area contributed by atoms with E-state index >= 15 is 0 Å². The molecule has 4 nitrogen and oxygen atoms in total. The molecule has 2 N–H and O–H groups in total. The summed E-state index contributed by atoms with van der Waals surface area (Å²) in [6.45, 7) is 3.73. The van der Waals surface area contributed by atoms with Gasteiger partial charge in [-0.3, -0.25) is 0 Å². The van der Waals surface area contributed by atoms with Gasteiger partial charge in [-0.05, 0) is 12.1 Å². The number of aliphatic hydroxyl groups excluding tert-OH is 1. The highest BCUT2D eigenvalue weighted by atomic mass is 35.5. The van der Waals surface area contributed by atoms with Crippen molar-refractivity contribution in [2.75, 3.05) is 13.2 Å². The molecule has 0 bridgehead atoms. The number of phenols is 1. The highest BCUT2D eigenvalue weighted by molar-refractivity contribution is 6.29. The first-order chi connectivity index (χ1) is 8.11. The van der Waals surface area contributed by atoms with Crippen LogP contribution in [0.2, 0.25) is 0 Å². The molecule has 0 spiro atoms. The number of allylic oxidation sites excluding steroid dienone is 1. The Morgan fingerprint density at radius 3 is 2.94 bits per heavy atom. The Kier molecular flexibility index (Phi) is 3.45. The molecule has 0 saturated carbocycles. The van der Waals surface area contributed by atoms with E-state index in [-0.39, 0.29) is 25.4 Å². The van der Waals surface area contributed by atoms with Gasteiger partial charge in [-0.2, -0.15) is 0 Å². The highest BCUT2D eigenvalue weighted by Crippen LogP contribution is 2.41. The van der Waals surface area contributed by atoms with E-state index in [0.29, 0.717) is 22.1 Å². The first kappa shape index (κ1) is 12.1. The molecular formula is C12H13ClO4. The zero-order chi connectivity index (χ0) is 12.4. The summed E-state index contributed by atoms with van der Waals surface area (Å²) in [6, 6.07) is 3.15. The molecule has 0 aliphatic carbocycles. The summed E-state index contributed by atoms with van der Waals surface area (Å²) in [5.74, 6) is 1.05. The van der Waals surface area contributed by atoms with E-state index in [2.05, 4.69) is 6.58 Å². The molecule has 1 heterocycles. The first-order valence-electron chi connectivity index (χ1n) is 5.20. The monoisotopic (exact) mass is 256 g/mol. The number of hydrogen-bond acceptors (Lipinski definition) is 4. The van der Waals surface area contributed by atoms with Crippen molar-refractivity contribution in [3.63, 3.8) is 0 Å². The predicted molar refractivity (Wildman–Crippen MR) is 63.8 cm³/mol. The van der Waals surface area contributed by atoms with Crippen molar-refractivity contribution in [2.24, 2.45) is 0 Å². The molecule has 0 fully saturated rings. The lowest BCUT2D eigenvalue weighted by Gasteiger charge is -2.27. The SMILES string of the molecule is C=C(Cl)Cc1c(O)ccc2c1O[C@@H](CO)CO2. The number of phenolic OH excluding ortho intramolecular Hbond substituents is 1. The summed E-state index contributed by atoms with van der Waals surface area (Å²) in [6.07, 6.45) is -0.135. The zero-order valence-corrected chi connectivity index (χ0v) is 9.91. The number of ether oxygens (including phenoxy) is 2. The lowest BCUT2D eigenvalue weighted by molar-refractivity contribution is 0.0445. The minimum atomic E-state index is -0.424. The highest BCUT2D eigenvalue weighted by Gasteiger charge is 2.25.